The molecule has 182 valence electrons. The summed E-state index contributed by atoms with van der Waals surface area (Å²) < 4.78 is 6.86. The van der Waals surface area contributed by atoms with E-state index in [1.165, 1.54) is 4.68 Å². The number of nitrogens with zero attached hydrogens (tertiary/aromatic N) is 5. The van der Waals surface area contributed by atoms with Gasteiger partial charge in [0, 0.05) is 24.3 Å². The van der Waals surface area contributed by atoms with E-state index in [4.69, 9.17) is 16.3 Å². The Kier molecular flexibility index (Phi) is 5.68. The van der Waals surface area contributed by atoms with Gasteiger partial charge in [-0.1, -0.05) is 22.9 Å². The molecule has 3 N–H and O–H groups in total. The van der Waals surface area contributed by atoms with Gasteiger partial charge in [-0.3, -0.25) is 15.1 Å². The number of amides is 2. The lowest BCUT2D eigenvalue weighted by molar-refractivity contribution is -0.173. The van der Waals surface area contributed by atoms with Gasteiger partial charge in [0.25, 0.3) is 0 Å². The van der Waals surface area contributed by atoms with Gasteiger partial charge in [0.05, 0.1) is 23.0 Å². The number of anilines is 2. The highest BCUT2D eigenvalue weighted by atomic mass is 35.5. The van der Waals surface area contributed by atoms with Crippen LogP contribution in [0.25, 0.3) is 11.4 Å². The summed E-state index contributed by atoms with van der Waals surface area (Å²) in [6.07, 6.45) is 4.40. The molecule has 3 fully saturated rings. The van der Waals surface area contributed by atoms with E-state index in [2.05, 4.69) is 36.2 Å². The number of halogens is 1. The van der Waals surface area contributed by atoms with Crippen LogP contribution in [0, 0.1) is 5.41 Å². The van der Waals surface area contributed by atoms with Crippen molar-refractivity contribution >= 4 is 35.1 Å². The van der Waals surface area contributed by atoms with Gasteiger partial charge in [-0.05, 0) is 51.4 Å². The number of aromatic nitrogens is 5. The van der Waals surface area contributed by atoms with E-state index in [0.29, 0.717) is 28.5 Å². The molecule has 1 atom stereocenters. The molecule has 0 aromatic carbocycles. The summed E-state index contributed by atoms with van der Waals surface area (Å²) in [5.41, 5.74) is 1.92. The summed E-state index contributed by atoms with van der Waals surface area (Å²) >= 11 is 6.09. The zero-order valence-corrected chi connectivity index (χ0v) is 20.3. The Bertz CT molecular complexity index is 1270. The van der Waals surface area contributed by atoms with E-state index >= 15 is 0 Å². The van der Waals surface area contributed by atoms with Gasteiger partial charge < -0.3 is 15.4 Å². The minimum Gasteiger partial charge on any atom is -0.441 e. The second-order valence-electron chi connectivity index (χ2n) is 9.19. The van der Waals surface area contributed by atoms with Crippen molar-refractivity contribution in [2.24, 2.45) is 12.5 Å². The summed E-state index contributed by atoms with van der Waals surface area (Å²) in [6, 6.07) is 6.92. The molecule has 0 spiro atoms. The molecular weight excluding hydrogens is 472 g/mol. The van der Waals surface area contributed by atoms with Gasteiger partial charge in [0.1, 0.15) is 11.3 Å². The fourth-order valence-corrected chi connectivity index (χ4v) is 5.16. The molecule has 3 heterocycles. The van der Waals surface area contributed by atoms with E-state index in [1.54, 1.807) is 50.6 Å². The number of pyridine rings is 2. The summed E-state index contributed by atoms with van der Waals surface area (Å²) in [5, 5.41) is 17.3. The van der Waals surface area contributed by atoms with E-state index in [9.17, 15) is 9.59 Å². The van der Waals surface area contributed by atoms with Crippen LogP contribution in [-0.2, 0) is 16.6 Å². The van der Waals surface area contributed by atoms with Crippen LogP contribution in [0.15, 0.2) is 36.7 Å². The number of nitrogens with one attached hydrogen (secondary N) is 3. The Labute approximate surface area is 206 Å². The molecule has 11 nitrogen and oxygen atoms in total. The van der Waals surface area contributed by atoms with Gasteiger partial charge in [-0.25, -0.2) is 14.5 Å². The molecule has 3 aromatic heterocycles. The number of rotatable bonds is 7. The number of carbonyl (C=O) groups is 2. The van der Waals surface area contributed by atoms with Gasteiger partial charge in [-0.15, -0.1) is 5.10 Å². The predicted octanol–water partition coefficient (Wildman–Crippen LogP) is 3.32. The normalized spacial score (nSPS) is 23.0. The lowest BCUT2D eigenvalue weighted by Gasteiger charge is -2.69. The molecule has 2 amide bonds. The molecular formula is C23H25ClN8O3. The standard InChI is InChI=1S/C23H25ClN8O3/c1-13(15-5-4-8-26-18(15)24)35-21(34)29-19-17(30-31-32(19)3)16-7-6-14(9-27-16)28-20(33)22-10-23(11-22,12-22)25-2/h4-9,13,25H,10-12H2,1-3H3,(H,28,33)(H,29,34)/t13-,22?,23?/m1/s1. The molecule has 2 bridgehead atoms. The van der Waals surface area contributed by atoms with Crippen molar-refractivity contribution in [3.05, 3.63) is 47.4 Å². The number of hydrogen-bond acceptors (Lipinski definition) is 8. The highest BCUT2D eigenvalue weighted by Gasteiger charge is 2.70. The molecule has 0 radical (unpaired) electrons. The molecule has 12 heteroatoms. The van der Waals surface area contributed by atoms with Crippen molar-refractivity contribution in [2.75, 3.05) is 17.7 Å². The smallest absolute Gasteiger partial charge is 0.413 e. The Morgan fingerprint density at radius 1 is 1.17 bits per heavy atom. The SMILES string of the molecule is CNC12CC(C(=O)Nc3ccc(-c4nnn(C)c4NC(=O)O[C@H](C)c4cccnc4Cl)nc3)(C1)C2. The first-order valence-corrected chi connectivity index (χ1v) is 11.6. The minimum absolute atomic E-state index is 0.0246. The molecule has 3 aliphatic carbocycles. The van der Waals surface area contributed by atoms with Crippen LogP contribution in [0.4, 0.5) is 16.3 Å². The van der Waals surface area contributed by atoms with Crippen molar-refractivity contribution in [2.45, 2.75) is 37.8 Å². The highest BCUT2D eigenvalue weighted by Crippen LogP contribution is 2.67. The summed E-state index contributed by atoms with van der Waals surface area (Å²) in [5.74, 6) is 0.339. The van der Waals surface area contributed by atoms with Gasteiger partial charge in [-0.2, -0.15) is 0 Å². The third-order valence-corrected chi connectivity index (χ3v) is 7.18. The zero-order valence-electron chi connectivity index (χ0n) is 19.5. The van der Waals surface area contributed by atoms with E-state index in [-0.39, 0.29) is 22.0 Å². The Morgan fingerprint density at radius 3 is 2.60 bits per heavy atom. The summed E-state index contributed by atoms with van der Waals surface area (Å²) in [7, 11) is 3.58. The fraction of sp³-hybridized carbons (Fsp3) is 0.391. The topological polar surface area (TPSA) is 136 Å². The van der Waals surface area contributed by atoms with Crippen molar-refractivity contribution in [3.8, 4) is 11.4 Å². The van der Waals surface area contributed by atoms with E-state index < -0.39 is 12.2 Å². The Hall–Kier alpha value is -3.57. The first-order valence-electron chi connectivity index (χ1n) is 11.2. The number of hydrogen-bond donors (Lipinski definition) is 3. The monoisotopic (exact) mass is 496 g/mol. The molecule has 0 aliphatic heterocycles. The van der Waals surface area contributed by atoms with Crippen molar-refractivity contribution in [3.63, 3.8) is 0 Å². The second-order valence-corrected chi connectivity index (χ2v) is 9.55. The van der Waals surface area contributed by atoms with Gasteiger partial charge >= 0.3 is 6.09 Å². The van der Waals surface area contributed by atoms with Gasteiger partial charge in [0.2, 0.25) is 5.91 Å². The third-order valence-electron chi connectivity index (χ3n) is 6.86. The van der Waals surface area contributed by atoms with Crippen LogP contribution >= 0.6 is 11.6 Å². The summed E-state index contributed by atoms with van der Waals surface area (Å²) in [4.78, 5) is 33.7. The average Bonchev–Trinajstić information content (AvgIpc) is 3.13. The fourth-order valence-electron chi connectivity index (χ4n) is 4.89. The number of carbonyl (C=O) groups excluding carboxylic acids is 2. The molecule has 6 rings (SSSR count). The van der Waals surface area contributed by atoms with Crippen LogP contribution in [0.1, 0.15) is 37.9 Å². The molecule has 3 aliphatic rings. The van der Waals surface area contributed by atoms with Crippen molar-refractivity contribution < 1.29 is 14.3 Å². The number of aryl methyl sites for hydroxylation is 1. The zero-order chi connectivity index (χ0) is 24.8. The number of ether oxygens (including phenoxy) is 1. The molecule has 3 aromatic rings. The first kappa shape index (κ1) is 23.2. The lowest BCUT2D eigenvalue weighted by Crippen LogP contribution is -2.76. The van der Waals surface area contributed by atoms with Crippen molar-refractivity contribution in [1.82, 2.24) is 30.3 Å². The highest BCUT2D eigenvalue weighted by molar-refractivity contribution is 6.30. The van der Waals surface area contributed by atoms with Crippen molar-refractivity contribution in [1.29, 1.82) is 0 Å². The molecule has 0 saturated heterocycles. The minimum atomic E-state index is -0.703. The summed E-state index contributed by atoms with van der Waals surface area (Å²) in [6.45, 7) is 1.70. The molecule has 3 saturated carbocycles. The van der Waals surface area contributed by atoms with Gasteiger partial charge in [0.15, 0.2) is 11.5 Å². The quantitative estimate of drug-likeness (QED) is 0.424. The van der Waals surface area contributed by atoms with Crippen LogP contribution < -0.4 is 16.0 Å². The maximum Gasteiger partial charge on any atom is 0.413 e. The van der Waals surface area contributed by atoms with E-state index in [1.807, 2.05) is 7.05 Å². The Balaban J connectivity index is 1.24. The van der Waals surface area contributed by atoms with Crippen LogP contribution in [0.3, 0.4) is 0 Å². The average molecular weight is 497 g/mol. The second kappa shape index (κ2) is 8.58. The van der Waals surface area contributed by atoms with Crippen LogP contribution in [0.5, 0.6) is 0 Å². The van der Waals surface area contributed by atoms with E-state index in [0.717, 1.165) is 19.3 Å². The predicted molar refractivity (Wildman–Crippen MR) is 129 cm³/mol. The van der Waals surface area contributed by atoms with Crippen LogP contribution in [0.2, 0.25) is 5.15 Å². The largest absolute Gasteiger partial charge is 0.441 e. The Morgan fingerprint density at radius 2 is 1.94 bits per heavy atom. The molecule has 35 heavy (non-hydrogen) atoms. The maximum absolute atomic E-state index is 12.7. The lowest BCUT2D eigenvalue weighted by atomic mass is 9.39. The van der Waals surface area contributed by atoms with Crippen LogP contribution in [-0.4, -0.2) is 49.5 Å². The first-order chi connectivity index (χ1) is 16.7. The molecule has 0 unspecified atom stereocenters. The maximum atomic E-state index is 12.7. The third kappa shape index (κ3) is 4.10.